The Morgan fingerprint density at radius 2 is 2.31 bits per heavy atom. The molecular weight excluding hydrogens is 190 g/mol. The summed E-state index contributed by atoms with van der Waals surface area (Å²) >= 11 is -2.45. The largest absolute Gasteiger partial charge is 0.760 e. The molecule has 0 bridgehead atoms. The lowest BCUT2D eigenvalue weighted by atomic mass is 10.1. The number of hydrogen-bond acceptors (Lipinski definition) is 3. The van der Waals surface area contributed by atoms with Crippen LogP contribution in [0.1, 0.15) is 17.4 Å². The van der Waals surface area contributed by atoms with Crippen LogP contribution in [0, 0.1) is 6.92 Å². The number of aliphatic hydroxyl groups excluding tert-OH is 1. The summed E-state index contributed by atoms with van der Waals surface area (Å²) < 4.78 is 22.4. The number of hydrogen-bond donors (Lipinski definition) is 2. The highest BCUT2D eigenvalue weighted by Crippen LogP contribution is 2.11. The van der Waals surface area contributed by atoms with Crippen LogP contribution in [0.4, 0.5) is 0 Å². The smallest absolute Gasteiger partial charge is 0.140 e. The van der Waals surface area contributed by atoms with E-state index in [1.54, 1.807) is 18.2 Å². The van der Waals surface area contributed by atoms with E-state index in [4.69, 9.17) is 0 Å². The Balaban J connectivity index is 2.76. The summed E-state index contributed by atoms with van der Waals surface area (Å²) in [5.74, 6) is 0. The summed E-state index contributed by atoms with van der Waals surface area (Å²) in [6, 6.07) is 6.98. The Bertz CT molecular complexity index is 316. The summed E-state index contributed by atoms with van der Waals surface area (Å²) in [6.45, 7) is 1.87. The second-order valence-electron chi connectivity index (χ2n) is 2.67. The van der Waals surface area contributed by atoms with Gasteiger partial charge in [0.15, 0.2) is 0 Å². The molecule has 72 valence electrons. The molecule has 13 heavy (non-hydrogen) atoms. The van der Waals surface area contributed by atoms with Gasteiger partial charge >= 0.3 is 0 Å². The highest BCUT2D eigenvalue weighted by atomic mass is 32.2. The van der Waals surface area contributed by atoms with Crippen molar-refractivity contribution in [3.63, 3.8) is 0 Å². The minimum absolute atomic E-state index is 0.532. The molecule has 0 radical (unpaired) electrons. The Hall–Kier alpha value is -0.750. The van der Waals surface area contributed by atoms with E-state index in [-0.39, 0.29) is 0 Å². The first kappa shape index (κ1) is 10.3. The van der Waals surface area contributed by atoms with Gasteiger partial charge in [0.2, 0.25) is 0 Å². The van der Waals surface area contributed by atoms with Crippen LogP contribution in [0.25, 0.3) is 0 Å². The Morgan fingerprint density at radius 1 is 1.62 bits per heavy atom. The summed E-state index contributed by atoms with van der Waals surface area (Å²) in [5, 5.41) is 9.31. The van der Waals surface area contributed by atoms with Crippen LogP contribution in [0.2, 0.25) is 0 Å². The molecule has 0 aliphatic carbocycles. The van der Waals surface area contributed by atoms with Gasteiger partial charge < -0.3 is 9.66 Å². The molecule has 4 nitrogen and oxygen atoms in total. The molecule has 0 saturated heterocycles. The summed E-state index contributed by atoms with van der Waals surface area (Å²) in [5.41, 5.74) is 1.50. The lowest BCUT2D eigenvalue weighted by molar-refractivity contribution is 0.165. The molecule has 0 aliphatic heterocycles. The minimum atomic E-state index is -2.45. The van der Waals surface area contributed by atoms with E-state index in [1.165, 1.54) is 0 Å². The first-order valence-corrected chi connectivity index (χ1v) is 4.77. The van der Waals surface area contributed by atoms with Crippen molar-refractivity contribution in [2.24, 2.45) is 0 Å². The molecule has 2 atom stereocenters. The van der Waals surface area contributed by atoms with Gasteiger partial charge in [-0.25, -0.2) is 4.72 Å². The molecule has 1 rings (SSSR count). The maximum atomic E-state index is 10.2. The Morgan fingerprint density at radius 3 is 2.85 bits per heavy atom. The molecule has 0 aliphatic rings. The van der Waals surface area contributed by atoms with E-state index in [0.717, 1.165) is 5.56 Å². The molecule has 2 N–H and O–H groups in total. The van der Waals surface area contributed by atoms with Crippen molar-refractivity contribution in [3.05, 3.63) is 35.4 Å². The first-order valence-electron chi connectivity index (χ1n) is 3.69. The fourth-order valence-electron chi connectivity index (χ4n) is 0.999. The van der Waals surface area contributed by atoms with Crippen LogP contribution in [0.5, 0.6) is 0 Å². The number of rotatable bonds is 3. The normalized spacial score (nSPS) is 15.3. The molecule has 0 fully saturated rings. The highest BCUT2D eigenvalue weighted by molar-refractivity contribution is 7.77. The van der Waals surface area contributed by atoms with Gasteiger partial charge in [-0.15, -0.1) is 0 Å². The van der Waals surface area contributed by atoms with Crippen molar-refractivity contribution in [2.45, 2.75) is 13.2 Å². The SMILES string of the molecule is Cc1cccc(C(O)NS(=O)[O-])c1. The Labute approximate surface area is 79.0 Å². The van der Waals surface area contributed by atoms with Crippen LogP contribution < -0.4 is 4.72 Å². The average Bonchev–Trinajstić information content (AvgIpc) is 2.03. The number of aryl methyl sites for hydroxylation is 1. The van der Waals surface area contributed by atoms with Crippen molar-refractivity contribution >= 4 is 11.3 Å². The maximum absolute atomic E-state index is 10.2. The quantitative estimate of drug-likeness (QED) is 0.547. The maximum Gasteiger partial charge on any atom is 0.140 e. The van der Waals surface area contributed by atoms with Gasteiger partial charge in [-0.1, -0.05) is 29.8 Å². The highest BCUT2D eigenvalue weighted by Gasteiger charge is 2.05. The predicted octanol–water partition coefficient (Wildman–Crippen LogP) is 0.370. The van der Waals surface area contributed by atoms with Gasteiger partial charge in [-0.2, -0.15) is 0 Å². The third-order valence-electron chi connectivity index (χ3n) is 1.57. The van der Waals surface area contributed by atoms with E-state index in [1.807, 2.05) is 17.7 Å². The first-order chi connectivity index (χ1) is 6.09. The molecule has 5 heteroatoms. The molecule has 1 aromatic carbocycles. The molecule has 0 heterocycles. The minimum Gasteiger partial charge on any atom is -0.760 e. The van der Waals surface area contributed by atoms with Crippen molar-refractivity contribution in [1.82, 2.24) is 4.72 Å². The second kappa shape index (κ2) is 4.48. The van der Waals surface area contributed by atoms with E-state index in [9.17, 15) is 13.9 Å². The van der Waals surface area contributed by atoms with Gasteiger partial charge in [0.25, 0.3) is 0 Å². The monoisotopic (exact) mass is 200 g/mol. The summed E-state index contributed by atoms with van der Waals surface area (Å²) in [6.07, 6.45) is -1.17. The van der Waals surface area contributed by atoms with E-state index >= 15 is 0 Å². The van der Waals surface area contributed by atoms with Gasteiger partial charge in [-0.05, 0) is 12.5 Å². The predicted molar refractivity (Wildman–Crippen MR) is 48.2 cm³/mol. The number of benzene rings is 1. The molecule has 1 aromatic rings. The lowest BCUT2D eigenvalue weighted by Crippen LogP contribution is -2.22. The fourth-order valence-corrected chi connectivity index (χ4v) is 1.32. The molecular formula is C8H10NO3S-. The molecule has 0 aromatic heterocycles. The molecule has 0 amide bonds. The number of nitrogens with one attached hydrogen (secondary N) is 1. The van der Waals surface area contributed by atoms with E-state index in [2.05, 4.69) is 0 Å². The third kappa shape index (κ3) is 3.23. The van der Waals surface area contributed by atoms with Crippen LogP contribution in [0.3, 0.4) is 0 Å². The number of aliphatic hydroxyl groups is 1. The Kier molecular flexibility index (Phi) is 3.56. The molecule has 0 saturated carbocycles. The second-order valence-corrected chi connectivity index (χ2v) is 3.37. The van der Waals surface area contributed by atoms with Crippen LogP contribution in [0.15, 0.2) is 24.3 Å². The molecule has 0 spiro atoms. The molecule has 2 unspecified atom stereocenters. The van der Waals surface area contributed by atoms with Crippen LogP contribution >= 0.6 is 0 Å². The van der Waals surface area contributed by atoms with Crippen molar-refractivity contribution < 1.29 is 13.9 Å². The lowest BCUT2D eigenvalue weighted by Gasteiger charge is -2.14. The van der Waals surface area contributed by atoms with Crippen molar-refractivity contribution in [3.8, 4) is 0 Å². The zero-order valence-corrected chi connectivity index (χ0v) is 7.88. The summed E-state index contributed by atoms with van der Waals surface area (Å²) in [7, 11) is 0. The van der Waals surface area contributed by atoms with Gasteiger partial charge in [0.05, 0.1) is 0 Å². The van der Waals surface area contributed by atoms with Gasteiger partial charge in [-0.3, -0.25) is 4.21 Å². The zero-order valence-electron chi connectivity index (χ0n) is 7.06. The topological polar surface area (TPSA) is 72.4 Å². The third-order valence-corrected chi connectivity index (χ3v) is 1.98. The van der Waals surface area contributed by atoms with Crippen molar-refractivity contribution in [1.29, 1.82) is 0 Å². The van der Waals surface area contributed by atoms with Gasteiger partial charge in [0, 0.05) is 11.3 Å². The van der Waals surface area contributed by atoms with Gasteiger partial charge in [0.1, 0.15) is 6.23 Å². The fraction of sp³-hybridized carbons (Fsp3) is 0.250. The van der Waals surface area contributed by atoms with Crippen LogP contribution in [-0.2, 0) is 11.3 Å². The standard InChI is InChI=1S/C8H11NO3S/c1-6-3-2-4-7(5-6)8(10)9-13(11)12/h2-5,8-10H,1H3,(H,11,12)/p-1. The van der Waals surface area contributed by atoms with Crippen molar-refractivity contribution in [2.75, 3.05) is 0 Å². The zero-order chi connectivity index (χ0) is 9.84. The van der Waals surface area contributed by atoms with E-state index in [0.29, 0.717) is 5.56 Å². The average molecular weight is 200 g/mol. The van der Waals surface area contributed by atoms with Crippen LogP contribution in [-0.4, -0.2) is 13.9 Å². The summed E-state index contributed by atoms with van der Waals surface area (Å²) in [4.78, 5) is 0. The van der Waals surface area contributed by atoms with E-state index < -0.39 is 17.5 Å².